The number of carbonyl (C=O) groups is 1. The van der Waals surface area contributed by atoms with E-state index in [2.05, 4.69) is 0 Å². The molecule has 0 aromatic heterocycles. The van der Waals surface area contributed by atoms with Gasteiger partial charge in [-0.25, -0.2) is 0 Å². The Kier molecular flexibility index (Phi) is 3.76. The molecule has 98 valence electrons. The zero-order valence-electron chi connectivity index (χ0n) is 10.7. The van der Waals surface area contributed by atoms with Crippen molar-refractivity contribution in [2.75, 3.05) is 12.8 Å². The number of methoxy groups -OCH3 is 1. The first-order valence-electron chi connectivity index (χ1n) is 5.77. The monoisotopic (exact) mass is 275 g/mol. The van der Waals surface area contributed by atoms with Gasteiger partial charge in [-0.15, -0.1) is 0 Å². The van der Waals surface area contributed by atoms with Gasteiger partial charge in [-0.2, -0.15) is 0 Å². The van der Waals surface area contributed by atoms with Crippen LogP contribution in [0.25, 0.3) is 0 Å². The Balaban J connectivity index is 2.44. The number of ketones is 1. The zero-order valence-corrected chi connectivity index (χ0v) is 11.5. The van der Waals surface area contributed by atoms with Crippen LogP contribution in [0.2, 0.25) is 5.02 Å². The molecule has 0 fully saturated rings. The Morgan fingerprint density at radius 1 is 1.21 bits per heavy atom. The third-order valence-corrected chi connectivity index (χ3v) is 3.22. The van der Waals surface area contributed by atoms with Crippen molar-refractivity contribution in [3.8, 4) is 5.75 Å². The number of aryl methyl sites for hydroxylation is 1. The third kappa shape index (κ3) is 2.71. The van der Waals surface area contributed by atoms with E-state index in [0.717, 1.165) is 5.56 Å². The van der Waals surface area contributed by atoms with E-state index in [1.807, 2.05) is 13.0 Å². The van der Waals surface area contributed by atoms with Crippen LogP contribution in [0.1, 0.15) is 21.5 Å². The molecular weight excluding hydrogens is 262 g/mol. The van der Waals surface area contributed by atoms with Crippen LogP contribution >= 0.6 is 11.6 Å². The highest BCUT2D eigenvalue weighted by Gasteiger charge is 2.14. The number of benzene rings is 2. The van der Waals surface area contributed by atoms with Crippen molar-refractivity contribution in [2.45, 2.75) is 6.92 Å². The molecule has 0 heterocycles. The van der Waals surface area contributed by atoms with E-state index in [1.165, 1.54) is 0 Å². The average Bonchev–Trinajstić information content (AvgIpc) is 2.38. The van der Waals surface area contributed by atoms with Crippen LogP contribution in [-0.2, 0) is 0 Å². The minimum Gasteiger partial charge on any atom is -0.496 e. The van der Waals surface area contributed by atoms with E-state index >= 15 is 0 Å². The summed E-state index contributed by atoms with van der Waals surface area (Å²) in [6.45, 7) is 1.92. The minimum absolute atomic E-state index is 0.150. The maximum absolute atomic E-state index is 12.4. The molecule has 0 amide bonds. The van der Waals surface area contributed by atoms with Crippen molar-refractivity contribution in [2.24, 2.45) is 0 Å². The number of carbonyl (C=O) groups excluding carboxylic acids is 1. The van der Waals surface area contributed by atoms with Gasteiger partial charge in [0.25, 0.3) is 0 Å². The summed E-state index contributed by atoms with van der Waals surface area (Å²) in [4.78, 5) is 12.4. The number of halogens is 1. The summed E-state index contributed by atoms with van der Waals surface area (Å²) in [5.41, 5.74) is 8.09. The highest BCUT2D eigenvalue weighted by Crippen LogP contribution is 2.25. The van der Waals surface area contributed by atoms with Gasteiger partial charge < -0.3 is 10.5 Å². The van der Waals surface area contributed by atoms with Crippen LogP contribution in [0, 0.1) is 6.92 Å². The van der Waals surface area contributed by atoms with Crippen LogP contribution in [0.15, 0.2) is 36.4 Å². The van der Waals surface area contributed by atoms with E-state index in [9.17, 15) is 4.79 Å². The van der Waals surface area contributed by atoms with E-state index in [-0.39, 0.29) is 5.78 Å². The largest absolute Gasteiger partial charge is 0.496 e. The number of ether oxygens (including phenoxy) is 1. The SMILES string of the molecule is COc1cc(C(=O)c2ccc(N)cc2Cl)ccc1C. The number of hydrogen-bond acceptors (Lipinski definition) is 3. The standard InChI is InChI=1S/C15H14ClNO2/c1-9-3-4-10(7-14(9)19-2)15(18)12-6-5-11(17)8-13(12)16/h3-8H,17H2,1-2H3. The van der Waals surface area contributed by atoms with Gasteiger partial charge in [0.1, 0.15) is 5.75 Å². The number of nitrogen functional groups attached to an aromatic ring is 1. The molecular formula is C15H14ClNO2. The predicted molar refractivity (Wildman–Crippen MR) is 77.0 cm³/mol. The molecule has 2 rings (SSSR count). The van der Waals surface area contributed by atoms with Crippen LogP contribution in [0.4, 0.5) is 5.69 Å². The summed E-state index contributed by atoms with van der Waals surface area (Å²) in [5, 5.41) is 0.351. The fourth-order valence-electron chi connectivity index (χ4n) is 1.83. The molecule has 0 radical (unpaired) electrons. The molecule has 2 aromatic carbocycles. The lowest BCUT2D eigenvalue weighted by molar-refractivity contribution is 0.103. The number of anilines is 1. The number of nitrogens with two attached hydrogens (primary N) is 1. The highest BCUT2D eigenvalue weighted by molar-refractivity contribution is 6.35. The first-order chi connectivity index (χ1) is 9.02. The van der Waals surface area contributed by atoms with Gasteiger partial charge in [-0.1, -0.05) is 23.7 Å². The van der Waals surface area contributed by atoms with Gasteiger partial charge in [0.15, 0.2) is 5.78 Å². The molecule has 0 unspecified atom stereocenters. The lowest BCUT2D eigenvalue weighted by Gasteiger charge is -2.08. The van der Waals surface area contributed by atoms with Crippen molar-refractivity contribution in [3.05, 3.63) is 58.1 Å². The van der Waals surface area contributed by atoms with E-state index < -0.39 is 0 Å². The summed E-state index contributed by atoms with van der Waals surface area (Å²) >= 11 is 6.05. The number of hydrogen-bond donors (Lipinski definition) is 1. The van der Waals surface area contributed by atoms with Crippen molar-refractivity contribution >= 4 is 23.1 Å². The highest BCUT2D eigenvalue weighted by atomic mass is 35.5. The van der Waals surface area contributed by atoms with Crippen molar-refractivity contribution in [1.29, 1.82) is 0 Å². The van der Waals surface area contributed by atoms with Gasteiger partial charge in [0, 0.05) is 16.8 Å². The zero-order chi connectivity index (χ0) is 14.0. The fourth-order valence-corrected chi connectivity index (χ4v) is 2.11. The van der Waals surface area contributed by atoms with E-state index in [0.29, 0.717) is 27.6 Å². The Labute approximate surface area is 117 Å². The molecule has 0 aliphatic carbocycles. The Bertz CT molecular complexity index is 638. The quantitative estimate of drug-likeness (QED) is 0.689. The predicted octanol–water partition coefficient (Wildman–Crippen LogP) is 3.47. The Hall–Kier alpha value is -2.00. The second-order valence-corrected chi connectivity index (χ2v) is 4.66. The number of rotatable bonds is 3. The Morgan fingerprint density at radius 3 is 2.58 bits per heavy atom. The lowest BCUT2D eigenvalue weighted by Crippen LogP contribution is -2.03. The van der Waals surface area contributed by atoms with E-state index in [4.69, 9.17) is 22.1 Å². The topological polar surface area (TPSA) is 52.3 Å². The van der Waals surface area contributed by atoms with Gasteiger partial charge >= 0.3 is 0 Å². The smallest absolute Gasteiger partial charge is 0.194 e. The summed E-state index contributed by atoms with van der Waals surface area (Å²) in [5.74, 6) is 0.528. The van der Waals surface area contributed by atoms with Gasteiger partial charge in [0.05, 0.1) is 12.1 Å². The molecule has 0 aliphatic rings. The first kappa shape index (κ1) is 13.4. The fraction of sp³-hybridized carbons (Fsp3) is 0.133. The summed E-state index contributed by atoms with van der Waals surface area (Å²) < 4.78 is 5.22. The van der Waals surface area contributed by atoms with Gasteiger partial charge in [0.2, 0.25) is 0 Å². The van der Waals surface area contributed by atoms with E-state index in [1.54, 1.807) is 37.4 Å². The average molecular weight is 276 g/mol. The molecule has 0 saturated heterocycles. The Morgan fingerprint density at radius 2 is 1.95 bits per heavy atom. The molecule has 19 heavy (non-hydrogen) atoms. The summed E-state index contributed by atoms with van der Waals surface area (Å²) in [7, 11) is 1.58. The molecule has 0 spiro atoms. The molecule has 0 atom stereocenters. The van der Waals surface area contributed by atoms with Gasteiger partial charge in [-0.05, 0) is 36.8 Å². The maximum Gasteiger partial charge on any atom is 0.194 e. The maximum atomic E-state index is 12.4. The van der Waals surface area contributed by atoms with Crippen molar-refractivity contribution in [3.63, 3.8) is 0 Å². The molecule has 0 saturated carbocycles. The second-order valence-electron chi connectivity index (χ2n) is 4.25. The van der Waals surface area contributed by atoms with Crippen molar-refractivity contribution < 1.29 is 9.53 Å². The molecule has 0 bridgehead atoms. The van der Waals surface area contributed by atoms with Crippen LogP contribution in [0.5, 0.6) is 5.75 Å². The summed E-state index contributed by atoms with van der Waals surface area (Å²) in [6.07, 6.45) is 0. The van der Waals surface area contributed by atoms with Crippen molar-refractivity contribution in [1.82, 2.24) is 0 Å². The lowest BCUT2D eigenvalue weighted by atomic mass is 10.0. The van der Waals surface area contributed by atoms with Crippen LogP contribution in [0.3, 0.4) is 0 Å². The first-order valence-corrected chi connectivity index (χ1v) is 6.15. The van der Waals surface area contributed by atoms with Crippen LogP contribution < -0.4 is 10.5 Å². The van der Waals surface area contributed by atoms with Gasteiger partial charge in [-0.3, -0.25) is 4.79 Å². The molecule has 2 aromatic rings. The molecule has 2 N–H and O–H groups in total. The summed E-state index contributed by atoms with van der Waals surface area (Å²) in [6, 6.07) is 10.2. The molecule has 3 nitrogen and oxygen atoms in total. The van der Waals surface area contributed by atoms with Crippen LogP contribution in [-0.4, -0.2) is 12.9 Å². The minimum atomic E-state index is -0.150. The normalized spacial score (nSPS) is 10.3. The molecule has 0 aliphatic heterocycles. The molecule has 4 heteroatoms. The second kappa shape index (κ2) is 5.33. The third-order valence-electron chi connectivity index (χ3n) is 2.91.